The molecular formula is C14H12N2O. The summed E-state index contributed by atoms with van der Waals surface area (Å²) in [5, 5.41) is 7.41. The third kappa shape index (κ3) is 2.84. The second-order valence-electron chi connectivity index (χ2n) is 3.76. The van der Waals surface area contributed by atoms with Gasteiger partial charge in [0.1, 0.15) is 0 Å². The lowest BCUT2D eigenvalue weighted by molar-refractivity contribution is -0.115. The lowest BCUT2D eigenvalue weighted by Gasteiger charge is -2.07. The molecule has 0 fully saturated rings. The zero-order chi connectivity index (χ0) is 12.3. The predicted molar refractivity (Wildman–Crippen MR) is 69.4 cm³/mol. The van der Waals surface area contributed by atoms with E-state index < -0.39 is 0 Å². The summed E-state index contributed by atoms with van der Waals surface area (Å²) in [7, 11) is 0. The number of carbonyl (C=O) groups excluding carboxylic acids is 1. The van der Waals surface area contributed by atoms with Gasteiger partial charge in [0.25, 0.3) is 0 Å². The van der Waals surface area contributed by atoms with Gasteiger partial charge >= 0.3 is 0 Å². The van der Waals surface area contributed by atoms with Crippen LogP contribution in [-0.2, 0) is 4.79 Å². The van der Waals surface area contributed by atoms with Crippen LogP contribution in [-0.4, -0.2) is 17.3 Å². The van der Waals surface area contributed by atoms with Gasteiger partial charge in [-0.2, -0.15) is 0 Å². The molecular weight excluding hydrogens is 212 g/mol. The van der Waals surface area contributed by atoms with Gasteiger partial charge in [0.2, 0.25) is 5.91 Å². The lowest BCUT2D eigenvalue weighted by Crippen LogP contribution is -1.99. The third-order valence-corrected chi connectivity index (χ3v) is 2.37. The molecule has 0 saturated heterocycles. The summed E-state index contributed by atoms with van der Waals surface area (Å²) in [5.74, 6) is -0.198. The topological polar surface area (TPSA) is 53.3 Å². The summed E-state index contributed by atoms with van der Waals surface area (Å²) >= 11 is 0. The molecule has 0 saturated carbocycles. The number of rotatable bonds is 0. The molecule has 0 atom stereocenters. The van der Waals surface area contributed by atoms with E-state index in [1.165, 1.54) is 6.92 Å². The van der Waals surface area contributed by atoms with Crippen molar-refractivity contribution in [2.24, 2.45) is 4.99 Å². The van der Waals surface area contributed by atoms with Gasteiger partial charge in [-0.1, -0.05) is 24.3 Å². The van der Waals surface area contributed by atoms with Gasteiger partial charge in [0, 0.05) is 6.92 Å². The molecule has 0 aromatic carbocycles. The van der Waals surface area contributed by atoms with Crippen LogP contribution in [0.15, 0.2) is 64.7 Å². The van der Waals surface area contributed by atoms with Crippen molar-refractivity contribution in [3.05, 3.63) is 59.8 Å². The molecule has 0 heterocycles. The number of carbonyl (C=O) groups is 1. The minimum Gasteiger partial charge on any atom is -0.301 e. The maximum absolute atomic E-state index is 10.8. The van der Waals surface area contributed by atoms with Crippen LogP contribution in [0.3, 0.4) is 0 Å². The normalized spacial score (nSPS) is 17.9. The minimum atomic E-state index is -0.198. The van der Waals surface area contributed by atoms with Crippen molar-refractivity contribution in [2.45, 2.75) is 6.92 Å². The third-order valence-electron chi connectivity index (χ3n) is 2.37. The average Bonchev–Trinajstić information content (AvgIpc) is 2.30. The molecule has 84 valence electrons. The van der Waals surface area contributed by atoms with Gasteiger partial charge in [-0.25, -0.2) is 4.99 Å². The quantitative estimate of drug-likeness (QED) is 0.675. The molecule has 2 aliphatic carbocycles. The van der Waals surface area contributed by atoms with Gasteiger partial charge < -0.3 is 5.41 Å². The standard InChI is InChI=1S/C14H12N2O/c1-10(17)16-14-8-4-12(5-9-14)11-2-6-13(15)7-3-11/h2-9,15H,1H3. The Hall–Kier alpha value is -2.29. The van der Waals surface area contributed by atoms with Crippen molar-refractivity contribution in [3.8, 4) is 0 Å². The van der Waals surface area contributed by atoms with Gasteiger partial charge in [0.15, 0.2) is 0 Å². The van der Waals surface area contributed by atoms with Crippen LogP contribution in [0.4, 0.5) is 0 Å². The smallest absolute Gasteiger partial charge is 0.243 e. The summed E-state index contributed by atoms with van der Waals surface area (Å²) in [4.78, 5) is 14.7. The van der Waals surface area contributed by atoms with E-state index >= 15 is 0 Å². The maximum atomic E-state index is 10.8. The largest absolute Gasteiger partial charge is 0.301 e. The number of amides is 1. The van der Waals surface area contributed by atoms with Gasteiger partial charge in [-0.3, -0.25) is 4.79 Å². The maximum Gasteiger partial charge on any atom is 0.243 e. The number of nitrogens with one attached hydrogen (secondary N) is 1. The van der Waals surface area contributed by atoms with Crippen molar-refractivity contribution < 1.29 is 4.79 Å². The number of aliphatic imine (C=N–C) groups is 1. The van der Waals surface area contributed by atoms with Crippen LogP contribution in [0.1, 0.15) is 6.92 Å². The Morgan fingerprint density at radius 3 is 1.88 bits per heavy atom. The summed E-state index contributed by atoms with van der Waals surface area (Å²) in [5.41, 5.74) is 3.26. The van der Waals surface area contributed by atoms with Crippen LogP contribution in [0, 0.1) is 5.41 Å². The minimum absolute atomic E-state index is 0.198. The molecule has 17 heavy (non-hydrogen) atoms. The molecule has 0 spiro atoms. The fourth-order valence-electron chi connectivity index (χ4n) is 1.57. The first kappa shape index (κ1) is 11.2. The van der Waals surface area contributed by atoms with Gasteiger partial charge in [-0.15, -0.1) is 0 Å². The molecule has 0 aromatic heterocycles. The van der Waals surface area contributed by atoms with Crippen molar-refractivity contribution in [1.82, 2.24) is 0 Å². The molecule has 0 aliphatic heterocycles. The van der Waals surface area contributed by atoms with Crippen LogP contribution in [0.2, 0.25) is 0 Å². The van der Waals surface area contributed by atoms with Crippen LogP contribution >= 0.6 is 0 Å². The Morgan fingerprint density at radius 2 is 1.41 bits per heavy atom. The average molecular weight is 224 g/mol. The van der Waals surface area contributed by atoms with Crippen molar-refractivity contribution >= 4 is 17.3 Å². The molecule has 2 aliphatic rings. The molecule has 0 aromatic rings. The first-order chi connectivity index (χ1) is 8.15. The molecule has 3 nitrogen and oxygen atoms in total. The Labute approximate surface area is 99.8 Å². The van der Waals surface area contributed by atoms with Crippen molar-refractivity contribution in [1.29, 1.82) is 5.41 Å². The summed E-state index contributed by atoms with van der Waals surface area (Å²) < 4.78 is 0. The van der Waals surface area contributed by atoms with Gasteiger partial charge in [-0.05, 0) is 35.5 Å². The zero-order valence-electron chi connectivity index (χ0n) is 9.47. The van der Waals surface area contributed by atoms with E-state index in [-0.39, 0.29) is 5.91 Å². The predicted octanol–water partition coefficient (Wildman–Crippen LogP) is 2.54. The number of hydrogen-bond donors (Lipinski definition) is 1. The fourth-order valence-corrected chi connectivity index (χ4v) is 1.57. The SMILES string of the molecule is CC(=O)N=C1C=CC(=C2C=CC(=N)C=C2)C=C1. The van der Waals surface area contributed by atoms with Crippen molar-refractivity contribution in [2.75, 3.05) is 0 Å². The fraction of sp³-hybridized carbons (Fsp3) is 0.0714. The van der Waals surface area contributed by atoms with E-state index in [1.54, 1.807) is 12.2 Å². The summed E-state index contributed by atoms with van der Waals surface area (Å²) in [6, 6.07) is 0. The number of allylic oxidation sites excluding steroid dienone is 10. The van der Waals surface area contributed by atoms with E-state index in [0.717, 1.165) is 11.1 Å². The highest BCUT2D eigenvalue weighted by Crippen LogP contribution is 2.17. The number of nitrogens with zero attached hydrogens (tertiary/aromatic N) is 1. The summed E-state index contributed by atoms with van der Waals surface area (Å²) in [6.07, 6.45) is 14.8. The summed E-state index contributed by atoms with van der Waals surface area (Å²) in [6.45, 7) is 1.43. The monoisotopic (exact) mass is 224 g/mol. The van der Waals surface area contributed by atoms with Crippen LogP contribution in [0.25, 0.3) is 0 Å². The van der Waals surface area contributed by atoms with Crippen LogP contribution < -0.4 is 0 Å². The lowest BCUT2D eigenvalue weighted by atomic mass is 9.98. The van der Waals surface area contributed by atoms with E-state index in [0.29, 0.717) is 11.4 Å². The Balaban J connectivity index is 2.25. The second-order valence-corrected chi connectivity index (χ2v) is 3.76. The Bertz CT molecular complexity index is 519. The van der Waals surface area contributed by atoms with E-state index in [1.807, 2.05) is 36.5 Å². The molecule has 0 bridgehead atoms. The first-order valence-electron chi connectivity index (χ1n) is 5.29. The van der Waals surface area contributed by atoms with E-state index in [9.17, 15) is 4.79 Å². The molecule has 1 N–H and O–H groups in total. The highest BCUT2D eigenvalue weighted by Gasteiger charge is 2.04. The highest BCUT2D eigenvalue weighted by molar-refractivity contribution is 6.10. The Kier molecular flexibility index (Phi) is 3.10. The van der Waals surface area contributed by atoms with E-state index in [2.05, 4.69) is 4.99 Å². The molecule has 1 amide bonds. The molecule has 3 heteroatoms. The second kappa shape index (κ2) is 4.70. The Morgan fingerprint density at radius 1 is 0.941 bits per heavy atom. The van der Waals surface area contributed by atoms with Gasteiger partial charge in [0.05, 0.1) is 11.4 Å². The highest BCUT2D eigenvalue weighted by atomic mass is 16.1. The first-order valence-corrected chi connectivity index (χ1v) is 5.29. The number of hydrogen-bond acceptors (Lipinski definition) is 2. The van der Waals surface area contributed by atoms with E-state index in [4.69, 9.17) is 5.41 Å². The molecule has 2 rings (SSSR count). The molecule has 0 radical (unpaired) electrons. The zero-order valence-corrected chi connectivity index (χ0v) is 9.47. The van der Waals surface area contributed by atoms with Crippen LogP contribution in [0.5, 0.6) is 0 Å². The molecule has 0 unspecified atom stereocenters. The van der Waals surface area contributed by atoms with Crippen molar-refractivity contribution in [3.63, 3.8) is 0 Å².